The second kappa shape index (κ2) is 11.4. The van der Waals surface area contributed by atoms with E-state index in [9.17, 15) is 9.59 Å². The Morgan fingerprint density at radius 2 is 1.85 bits per heavy atom. The highest BCUT2D eigenvalue weighted by Crippen LogP contribution is 2.17. The number of aryl methyl sites for hydroxylation is 1. The maximum absolute atomic E-state index is 12.7. The number of rotatable bonds is 7. The molecule has 8 heteroatoms. The Kier molecular flexibility index (Phi) is 8.12. The van der Waals surface area contributed by atoms with Crippen molar-refractivity contribution in [3.05, 3.63) is 52.0 Å². The Hall–Kier alpha value is -2.71. The summed E-state index contributed by atoms with van der Waals surface area (Å²) in [4.78, 5) is 35.5. The highest BCUT2D eigenvalue weighted by atomic mass is 32.1. The van der Waals surface area contributed by atoms with Crippen molar-refractivity contribution in [3.63, 3.8) is 0 Å². The minimum Gasteiger partial charge on any atom is -0.487 e. The van der Waals surface area contributed by atoms with Gasteiger partial charge in [-0.15, -0.1) is 11.3 Å². The van der Waals surface area contributed by atoms with E-state index in [0.717, 1.165) is 61.0 Å². The number of hydrogen-bond acceptors (Lipinski definition) is 6. The summed E-state index contributed by atoms with van der Waals surface area (Å²) in [5, 5.41) is 3.03. The average molecular weight is 469 g/mol. The number of carbonyl (C=O) groups excluding carboxylic acids is 2. The van der Waals surface area contributed by atoms with Crippen LogP contribution in [0.5, 0.6) is 5.75 Å². The minimum absolute atomic E-state index is 0.00118. The Bertz CT molecular complexity index is 976. The van der Waals surface area contributed by atoms with Crippen LogP contribution >= 0.6 is 11.3 Å². The zero-order valence-electron chi connectivity index (χ0n) is 19.2. The van der Waals surface area contributed by atoms with E-state index in [4.69, 9.17) is 4.74 Å². The molecule has 2 aromatic rings. The summed E-state index contributed by atoms with van der Waals surface area (Å²) in [5.74, 6) is 0.977. The Labute approximate surface area is 199 Å². The molecule has 0 N–H and O–H groups in total. The van der Waals surface area contributed by atoms with Crippen LogP contribution in [-0.4, -0.2) is 77.3 Å². The number of nitrogens with zero attached hydrogens (tertiary/aromatic N) is 4. The lowest BCUT2D eigenvalue weighted by Crippen LogP contribution is -2.51. The van der Waals surface area contributed by atoms with Gasteiger partial charge in [0.25, 0.3) is 0 Å². The summed E-state index contributed by atoms with van der Waals surface area (Å²) in [6, 6.07) is 7.70. The van der Waals surface area contributed by atoms with Crippen molar-refractivity contribution >= 4 is 29.2 Å². The number of aromatic nitrogens is 1. The van der Waals surface area contributed by atoms with Crippen molar-refractivity contribution in [2.75, 3.05) is 45.8 Å². The molecule has 0 unspecified atom stereocenters. The third-order valence-electron chi connectivity index (χ3n) is 6.08. The fraction of sp³-hybridized carbons (Fsp3) is 0.480. The first-order valence-electron chi connectivity index (χ1n) is 11.7. The van der Waals surface area contributed by atoms with Crippen LogP contribution in [-0.2, 0) is 16.2 Å². The lowest BCUT2D eigenvalue weighted by molar-refractivity contribution is -0.134. The van der Waals surface area contributed by atoms with E-state index in [2.05, 4.69) is 9.88 Å². The van der Waals surface area contributed by atoms with Crippen molar-refractivity contribution < 1.29 is 14.3 Å². The number of piperazine rings is 1. The van der Waals surface area contributed by atoms with E-state index in [0.29, 0.717) is 26.2 Å². The normalized spacial score (nSPS) is 17.5. The summed E-state index contributed by atoms with van der Waals surface area (Å²) in [7, 11) is 0. The lowest BCUT2D eigenvalue weighted by atomic mass is 10.1. The third-order valence-corrected chi connectivity index (χ3v) is 6.90. The predicted molar refractivity (Wildman–Crippen MR) is 130 cm³/mol. The molecule has 2 amide bonds. The molecule has 0 aliphatic carbocycles. The van der Waals surface area contributed by atoms with Gasteiger partial charge in [-0.05, 0) is 50.0 Å². The van der Waals surface area contributed by atoms with Gasteiger partial charge in [-0.1, -0.05) is 12.1 Å². The van der Waals surface area contributed by atoms with Crippen molar-refractivity contribution in [1.82, 2.24) is 19.7 Å². The quantitative estimate of drug-likeness (QED) is 0.584. The molecule has 3 heterocycles. The third kappa shape index (κ3) is 6.88. The average Bonchev–Trinajstić information content (AvgIpc) is 3.27. The highest BCUT2D eigenvalue weighted by molar-refractivity contribution is 7.09. The summed E-state index contributed by atoms with van der Waals surface area (Å²) < 4.78 is 5.83. The molecular weight excluding hydrogens is 436 g/mol. The number of ether oxygens (including phenoxy) is 1. The minimum atomic E-state index is 0.00118. The SMILES string of the molecule is Cc1nc(COc2cccc(/C=C/C(=O)N3CCN(CC(=O)N4CCCCC4)CC3)c2)cs1. The molecule has 33 heavy (non-hydrogen) atoms. The first-order chi connectivity index (χ1) is 16.1. The van der Waals surface area contributed by atoms with Crippen LogP contribution in [0.4, 0.5) is 0 Å². The van der Waals surface area contributed by atoms with Crippen molar-refractivity contribution in [2.24, 2.45) is 0 Å². The van der Waals surface area contributed by atoms with Crippen molar-refractivity contribution in [2.45, 2.75) is 32.8 Å². The molecule has 2 saturated heterocycles. The second-order valence-corrected chi connectivity index (χ2v) is 9.66. The largest absolute Gasteiger partial charge is 0.487 e. The highest BCUT2D eigenvalue weighted by Gasteiger charge is 2.24. The van der Waals surface area contributed by atoms with Gasteiger partial charge in [-0.3, -0.25) is 14.5 Å². The van der Waals surface area contributed by atoms with E-state index in [-0.39, 0.29) is 11.8 Å². The zero-order valence-corrected chi connectivity index (χ0v) is 20.1. The molecule has 2 fully saturated rings. The first-order valence-corrected chi connectivity index (χ1v) is 12.6. The van der Waals surface area contributed by atoms with E-state index in [1.807, 2.05) is 52.4 Å². The Morgan fingerprint density at radius 1 is 1.06 bits per heavy atom. The molecule has 1 aromatic heterocycles. The lowest BCUT2D eigenvalue weighted by Gasteiger charge is -2.35. The second-order valence-electron chi connectivity index (χ2n) is 8.60. The number of piperidine rings is 1. The van der Waals surface area contributed by atoms with Gasteiger partial charge in [0.15, 0.2) is 0 Å². The maximum atomic E-state index is 12.7. The van der Waals surface area contributed by atoms with Crippen molar-refractivity contribution in [3.8, 4) is 5.75 Å². The van der Waals surface area contributed by atoms with Gasteiger partial charge in [0.2, 0.25) is 11.8 Å². The fourth-order valence-electron chi connectivity index (χ4n) is 4.17. The zero-order chi connectivity index (χ0) is 23.0. The van der Waals surface area contributed by atoms with E-state index in [1.165, 1.54) is 6.42 Å². The molecule has 176 valence electrons. The molecule has 2 aliphatic rings. The van der Waals surface area contributed by atoms with Crippen LogP contribution in [0.25, 0.3) is 6.08 Å². The van der Waals surface area contributed by atoms with Crippen molar-refractivity contribution in [1.29, 1.82) is 0 Å². The molecule has 1 aromatic carbocycles. The monoisotopic (exact) mass is 468 g/mol. The van der Waals surface area contributed by atoms with Gasteiger partial charge >= 0.3 is 0 Å². The van der Waals surface area contributed by atoms with Gasteiger partial charge in [0, 0.05) is 50.7 Å². The molecule has 7 nitrogen and oxygen atoms in total. The smallest absolute Gasteiger partial charge is 0.246 e. The summed E-state index contributed by atoms with van der Waals surface area (Å²) in [5.41, 5.74) is 1.84. The van der Waals surface area contributed by atoms with Crippen LogP contribution < -0.4 is 4.74 Å². The molecule has 0 spiro atoms. The molecule has 0 atom stereocenters. The number of carbonyl (C=O) groups is 2. The van der Waals surface area contributed by atoms with Crippen LogP contribution in [0, 0.1) is 6.92 Å². The number of likely N-dealkylation sites (tertiary alicyclic amines) is 1. The van der Waals surface area contributed by atoms with Crippen LogP contribution in [0.3, 0.4) is 0 Å². The molecule has 0 radical (unpaired) electrons. The number of hydrogen-bond donors (Lipinski definition) is 0. The number of amides is 2. The van der Waals surface area contributed by atoms with E-state index < -0.39 is 0 Å². The summed E-state index contributed by atoms with van der Waals surface area (Å²) >= 11 is 1.61. The Balaban J connectivity index is 1.22. The van der Waals surface area contributed by atoms with Crippen LogP contribution in [0.15, 0.2) is 35.7 Å². The number of thiazole rings is 1. The van der Waals surface area contributed by atoms with Crippen LogP contribution in [0.2, 0.25) is 0 Å². The molecule has 2 aliphatic heterocycles. The van der Waals surface area contributed by atoms with E-state index in [1.54, 1.807) is 17.4 Å². The number of benzene rings is 1. The predicted octanol–water partition coefficient (Wildman–Crippen LogP) is 3.20. The van der Waals surface area contributed by atoms with Gasteiger partial charge < -0.3 is 14.5 Å². The van der Waals surface area contributed by atoms with E-state index >= 15 is 0 Å². The van der Waals surface area contributed by atoms with Gasteiger partial charge in [-0.2, -0.15) is 0 Å². The Morgan fingerprint density at radius 3 is 2.58 bits per heavy atom. The topological polar surface area (TPSA) is 66.0 Å². The fourth-order valence-corrected chi connectivity index (χ4v) is 4.77. The van der Waals surface area contributed by atoms with Gasteiger partial charge in [0.1, 0.15) is 12.4 Å². The van der Waals surface area contributed by atoms with Gasteiger partial charge in [0.05, 0.1) is 17.2 Å². The molecule has 4 rings (SSSR count). The molecular formula is C25H32N4O3S. The first kappa shape index (κ1) is 23.4. The standard InChI is InChI=1S/C25H32N4O3S/c1-20-26-22(19-33-20)18-32-23-7-5-6-21(16-23)8-9-24(30)29-14-12-27(13-15-29)17-25(31)28-10-3-2-4-11-28/h5-9,16,19H,2-4,10-15,17-18H2,1H3/b9-8+. The molecule has 0 bridgehead atoms. The summed E-state index contributed by atoms with van der Waals surface area (Å²) in [6.45, 7) is 7.41. The van der Waals surface area contributed by atoms with Gasteiger partial charge in [-0.25, -0.2) is 4.98 Å². The molecule has 0 saturated carbocycles. The maximum Gasteiger partial charge on any atom is 0.246 e. The summed E-state index contributed by atoms with van der Waals surface area (Å²) in [6.07, 6.45) is 6.90. The van der Waals surface area contributed by atoms with Crippen LogP contribution in [0.1, 0.15) is 35.5 Å².